The number of rotatable bonds is 3. The molecule has 0 heterocycles. The third-order valence-corrected chi connectivity index (χ3v) is 0.522. The number of nitrogens with one attached hydrogen (secondary N) is 1. The third kappa shape index (κ3) is 5.01. The standard InChI is InChI=1S/C5H9NO2/c1-3-8-4-6-5(2)7/h3H,1,4H2,2H3,(H,6,7). The molecule has 0 fully saturated rings. The van der Waals surface area contributed by atoms with Gasteiger partial charge in [0.25, 0.3) is 0 Å². The average Bonchev–Trinajstić information content (AvgIpc) is 1.66. The molecule has 0 spiro atoms. The highest BCUT2D eigenvalue weighted by molar-refractivity contribution is 5.72. The highest BCUT2D eigenvalue weighted by atomic mass is 16.5. The van der Waals surface area contributed by atoms with Gasteiger partial charge in [-0.2, -0.15) is 0 Å². The van der Waals surface area contributed by atoms with Crippen molar-refractivity contribution in [2.45, 2.75) is 6.92 Å². The first-order valence-electron chi connectivity index (χ1n) is 2.24. The minimum absolute atomic E-state index is 0.105. The van der Waals surface area contributed by atoms with Crippen LogP contribution in [0.2, 0.25) is 0 Å². The van der Waals surface area contributed by atoms with E-state index in [-0.39, 0.29) is 12.6 Å². The van der Waals surface area contributed by atoms with E-state index in [1.165, 1.54) is 13.2 Å². The second kappa shape index (κ2) is 4.18. The summed E-state index contributed by atoms with van der Waals surface area (Å²) < 4.78 is 4.58. The van der Waals surface area contributed by atoms with Crippen molar-refractivity contribution < 1.29 is 9.53 Å². The molecule has 3 nitrogen and oxygen atoms in total. The molecule has 0 unspecified atom stereocenters. The molecule has 8 heavy (non-hydrogen) atoms. The number of carbonyl (C=O) groups excluding carboxylic acids is 1. The van der Waals surface area contributed by atoms with Gasteiger partial charge in [-0.1, -0.05) is 6.58 Å². The average molecular weight is 115 g/mol. The predicted molar refractivity (Wildman–Crippen MR) is 30.0 cm³/mol. The molecule has 0 saturated heterocycles. The number of carbonyl (C=O) groups is 1. The summed E-state index contributed by atoms with van der Waals surface area (Å²) in [4.78, 5) is 10.1. The molecule has 0 aliphatic rings. The Balaban J connectivity index is 2.93. The lowest BCUT2D eigenvalue weighted by atomic mass is 10.7. The van der Waals surface area contributed by atoms with E-state index < -0.39 is 0 Å². The summed E-state index contributed by atoms with van der Waals surface area (Å²) in [5.74, 6) is -0.105. The summed E-state index contributed by atoms with van der Waals surface area (Å²) in [5.41, 5.74) is 0. The Morgan fingerprint density at radius 2 is 2.62 bits per heavy atom. The van der Waals surface area contributed by atoms with E-state index in [4.69, 9.17) is 0 Å². The molecule has 1 N–H and O–H groups in total. The first-order valence-corrected chi connectivity index (χ1v) is 2.24. The van der Waals surface area contributed by atoms with Crippen molar-refractivity contribution in [2.24, 2.45) is 0 Å². The number of hydrogen-bond donors (Lipinski definition) is 1. The van der Waals surface area contributed by atoms with Gasteiger partial charge in [-0.3, -0.25) is 4.79 Å². The van der Waals surface area contributed by atoms with Gasteiger partial charge in [0, 0.05) is 6.92 Å². The Morgan fingerprint density at radius 3 is 3.00 bits per heavy atom. The molecule has 0 rings (SSSR count). The Labute approximate surface area is 48.3 Å². The topological polar surface area (TPSA) is 38.3 Å². The van der Waals surface area contributed by atoms with Crippen LogP contribution in [0.25, 0.3) is 0 Å². The van der Waals surface area contributed by atoms with Crippen molar-refractivity contribution >= 4 is 5.91 Å². The molecule has 46 valence electrons. The maximum Gasteiger partial charge on any atom is 0.219 e. The second-order valence-corrected chi connectivity index (χ2v) is 1.21. The van der Waals surface area contributed by atoms with Crippen molar-refractivity contribution in [2.75, 3.05) is 6.73 Å². The van der Waals surface area contributed by atoms with Crippen LogP contribution in [0.15, 0.2) is 12.8 Å². The Bertz CT molecular complexity index is 90.4. The summed E-state index contributed by atoms with van der Waals surface area (Å²) in [5, 5.41) is 2.41. The molecule has 0 radical (unpaired) electrons. The molecule has 0 atom stereocenters. The van der Waals surface area contributed by atoms with Crippen LogP contribution in [0.5, 0.6) is 0 Å². The second-order valence-electron chi connectivity index (χ2n) is 1.21. The minimum atomic E-state index is -0.105. The molecule has 1 amide bonds. The number of hydrogen-bond acceptors (Lipinski definition) is 2. The fraction of sp³-hybridized carbons (Fsp3) is 0.400. The fourth-order valence-electron chi connectivity index (χ4n) is 0.202. The van der Waals surface area contributed by atoms with E-state index in [1.54, 1.807) is 0 Å². The lowest BCUT2D eigenvalue weighted by molar-refractivity contribution is -0.120. The zero-order valence-corrected chi connectivity index (χ0v) is 4.81. The van der Waals surface area contributed by atoms with Crippen LogP contribution in [-0.2, 0) is 9.53 Å². The van der Waals surface area contributed by atoms with Crippen LogP contribution in [0.4, 0.5) is 0 Å². The van der Waals surface area contributed by atoms with Crippen molar-refractivity contribution in [1.82, 2.24) is 5.32 Å². The van der Waals surface area contributed by atoms with E-state index in [0.29, 0.717) is 0 Å². The van der Waals surface area contributed by atoms with E-state index in [0.717, 1.165) is 0 Å². The summed E-state index contributed by atoms with van der Waals surface area (Å²) in [6, 6.07) is 0. The molecule has 0 aliphatic heterocycles. The molecule has 0 aromatic heterocycles. The van der Waals surface area contributed by atoms with Gasteiger partial charge in [-0.05, 0) is 0 Å². The van der Waals surface area contributed by atoms with Crippen LogP contribution in [-0.4, -0.2) is 12.6 Å². The van der Waals surface area contributed by atoms with Crippen LogP contribution in [0.3, 0.4) is 0 Å². The van der Waals surface area contributed by atoms with Crippen LogP contribution < -0.4 is 5.32 Å². The van der Waals surface area contributed by atoms with Gasteiger partial charge in [0.2, 0.25) is 5.91 Å². The Kier molecular flexibility index (Phi) is 3.66. The molecule has 0 bridgehead atoms. The van der Waals surface area contributed by atoms with Gasteiger partial charge in [-0.25, -0.2) is 0 Å². The Morgan fingerprint density at radius 1 is 2.00 bits per heavy atom. The minimum Gasteiger partial charge on any atom is -0.481 e. The van der Waals surface area contributed by atoms with Gasteiger partial charge in [0.15, 0.2) is 6.73 Å². The van der Waals surface area contributed by atoms with E-state index in [1.807, 2.05) is 0 Å². The summed E-state index contributed by atoms with van der Waals surface area (Å²) in [7, 11) is 0. The maximum atomic E-state index is 10.1. The van der Waals surface area contributed by atoms with Crippen molar-refractivity contribution in [1.29, 1.82) is 0 Å². The fourth-order valence-corrected chi connectivity index (χ4v) is 0.202. The van der Waals surface area contributed by atoms with Crippen LogP contribution >= 0.6 is 0 Å². The monoisotopic (exact) mass is 115 g/mol. The Hall–Kier alpha value is -0.990. The lowest BCUT2D eigenvalue weighted by Crippen LogP contribution is -2.21. The number of amides is 1. The smallest absolute Gasteiger partial charge is 0.219 e. The first kappa shape index (κ1) is 7.01. The van der Waals surface area contributed by atoms with Gasteiger partial charge in [0.05, 0.1) is 6.26 Å². The molecule has 0 aliphatic carbocycles. The van der Waals surface area contributed by atoms with Crippen molar-refractivity contribution in [3.05, 3.63) is 12.8 Å². The van der Waals surface area contributed by atoms with Gasteiger partial charge in [-0.15, -0.1) is 0 Å². The molecule has 0 aromatic carbocycles. The van der Waals surface area contributed by atoms with E-state index in [9.17, 15) is 4.79 Å². The zero-order valence-electron chi connectivity index (χ0n) is 4.81. The molecule has 0 saturated carbocycles. The summed E-state index contributed by atoms with van der Waals surface area (Å²) in [6.07, 6.45) is 1.27. The van der Waals surface area contributed by atoms with E-state index in [2.05, 4.69) is 16.6 Å². The molecular weight excluding hydrogens is 106 g/mol. The SMILES string of the molecule is C=COCNC(C)=O. The zero-order chi connectivity index (χ0) is 6.41. The highest BCUT2D eigenvalue weighted by Gasteiger charge is 1.83. The maximum absolute atomic E-state index is 10.1. The van der Waals surface area contributed by atoms with Gasteiger partial charge < -0.3 is 10.1 Å². The van der Waals surface area contributed by atoms with Crippen LogP contribution in [0, 0.1) is 0 Å². The number of ether oxygens (including phenoxy) is 1. The van der Waals surface area contributed by atoms with E-state index >= 15 is 0 Å². The third-order valence-electron chi connectivity index (χ3n) is 0.522. The predicted octanol–water partition coefficient (Wildman–Crippen LogP) is 0.240. The largest absolute Gasteiger partial charge is 0.481 e. The van der Waals surface area contributed by atoms with Gasteiger partial charge in [0.1, 0.15) is 0 Å². The molecular formula is C5H9NO2. The van der Waals surface area contributed by atoms with Crippen LogP contribution in [0.1, 0.15) is 6.92 Å². The molecule has 0 aromatic rings. The van der Waals surface area contributed by atoms with Gasteiger partial charge >= 0.3 is 0 Å². The quantitative estimate of drug-likeness (QED) is 0.325. The summed E-state index contributed by atoms with van der Waals surface area (Å²) in [6.45, 7) is 4.91. The lowest BCUT2D eigenvalue weighted by Gasteiger charge is -1.97. The normalized spacial score (nSPS) is 7.62. The van der Waals surface area contributed by atoms with Crippen molar-refractivity contribution in [3.8, 4) is 0 Å². The molecule has 3 heteroatoms. The summed E-state index contributed by atoms with van der Waals surface area (Å²) >= 11 is 0. The van der Waals surface area contributed by atoms with Crippen molar-refractivity contribution in [3.63, 3.8) is 0 Å². The highest BCUT2D eigenvalue weighted by Crippen LogP contribution is 1.67. The first-order chi connectivity index (χ1) is 3.77.